The first-order valence-electron chi connectivity index (χ1n) is 7.70. The third-order valence-electron chi connectivity index (χ3n) is 4.31. The summed E-state index contributed by atoms with van der Waals surface area (Å²) in [7, 11) is 1.89. The van der Waals surface area contributed by atoms with Crippen molar-refractivity contribution >= 4 is 28.4 Å². The highest BCUT2D eigenvalue weighted by molar-refractivity contribution is 7.12. The number of carbonyl (C=O) groups is 1. The summed E-state index contributed by atoms with van der Waals surface area (Å²) in [5.74, 6) is 0.337. The highest BCUT2D eigenvalue weighted by Gasteiger charge is 2.29. The molecule has 118 valence electrons. The smallest absolute Gasteiger partial charge is 0.263 e. The molecule has 4 heterocycles. The fraction of sp³-hybridized carbons (Fsp3) is 0.375. The van der Waals surface area contributed by atoms with Crippen molar-refractivity contribution in [3.8, 4) is 0 Å². The van der Waals surface area contributed by atoms with Gasteiger partial charge < -0.3 is 4.90 Å². The summed E-state index contributed by atoms with van der Waals surface area (Å²) in [5.41, 5.74) is 2.61. The number of amides is 1. The van der Waals surface area contributed by atoms with E-state index in [0.29, 0.717) is 6.54 Å². The number of aryl methyl sites for hydroxylation is 1. The minimum atomic E-state index is 0.121. The first kappa shape index (κ1) is 14.3. The number of carbonyl (C=O) groups excluding carboxylic acids is 1. The van der Waals surface area contributed by atoms with Crippen molar-refractivity contribution < 1.29 is 4.79 Å². The van der Waals surface area contributed by atoms with Crippen molar-refractivity contribution in [2.45, 2.75) is 18.8 Å². The Balaban J connectivity index is 1.63. The van der Waals surface area contributed by atoms with Crippen LogP contribution in [0.15, 0.2) is 29.9 Å². The number of piperidine rings is 1. The monoisotopic (exact) mass is 327 g/mol. The van der Waals surface area contributed by atoms with Crippen molar-refractivity contribution in [2.24, 2.45) is 7.05 Å². The molecule has 1 aliphatic heterocycles. The predicted molar refractivity (Wildman–Crippen MR) is 88.5 cm³/mol. The lowest BCUT2D eigenvalue weighted by Gasteiger charge is -2.31. The van der Waals surface area contributed by atoms with E-state index < -0.39 is 0 Å². The third kappa shape index (κ3) is 2.50. The maximum atomic E-state index is 12.6. The summed E-state index contributed by atoms with van der Waals surface area (Å²) >= 11 is 1.50. The first-order chi connectivity index (χ1) is 11.2. The van der Waals surface area contributed by atoms with Gasteiger partial charge in [0, 0.05) is 38.4 Å². The van der Waals surface area contributed by atoms with Crippen LogP contribution >= 0.6 is 11.3 Å². The van der Waals surface area contributed by atoms with Crippen LogP contribution in [0, 0.1) is 0 Å². The van der Waals surface area contributed by atoms with Gasteiger partial charge in [0.1, 0.15) is 5.52 Å². The Kier molecular flexibility index (Phi) is 3.57. The molecule has 0 saturated carbocycles. The van der Waals surface area contributed by atoms with Gasteiger partial charge in [-0.3, -0.25) is 4.79 Å². The molecule has 23 heavy (non-hydrogen) atoms. The maximum absolute atomic E-state index is 12.6. The lowest BCUT2D eigenvalue weighted by atomic mass is 9.94. The highest BCUT2D eigenvalue weighted by atomic mass is 32.1. The van der Waals surface area contributed by atoms with Gasteiger partial charge in [0.15, 0.2) is 5.65 Å². The van der Waals surface area contributed by atoms with Crippen LogP contribution in [0.5, 0.6) is 0 Å². The second kappa shape index (κ2) is 5.73. The van der Waals surface area contributed by atoms with E-state index in [1.54, 1.807) is 17.1 Å². The number of nitrogens with zero attached hydrogens (tertiary/aromatic N) is 5. The van der Waals surface area contributed by atoms with E-state index in [-0.39, 0.29) is 11.8 Å². The van der Waals surface area contributed by atoms with E-state index in [0.717, 1.165) is 41.1 Å². The number of hydrogen-bond donors (Lipinski definition) is 0. The molecule has 6 nitrogen and oxygen atoms in total. The van der Waals surface area contributed by atoms with Gasteiger partial charge in [-0.2, -0.15) is 5.10 Å². The van der Waals surface area contributed by atoms with E-state index in [1.807, 2.05) is 29.5 Å². The molecule has 3 aromatic heterocycles. The minimum absolute atomic E-state index is 0.121. The lowest BCUT2D eigenvalue weighted by Crippen LogP contribution is -2.39. The average Bonchev–Trinajstić information content (AvgIpc) is 3.23. The highest BCUT2D eigenvalue weighted by Crippen LogP contribution is 2.30. The van der Waals surface area contributed by atoms with Gasteiger partial charge in [0.05, 0.1) is 10.6 Å². The molecular weight excluding hydrogens is 310 g/mol. The van der Waals surface area contributed by atoms with Crippen LogP contribution in [-0.4, -0.2) is 43.6 Å². The predicted octanol–water partition coefficient (Wildman–Crippen LogP) is 2.44. The summed E-state index contributed by atoms with van der Waals surface area (Å²) in [6.45, 7) is 1.50. The molecule has 0 radical (unpaired) electrons. The van der Waals surface area contributed by atoms with Crippen LogP contribution in [0.3, 0.4) is 0 Å². The van der Waals surface area contributed by atoms with E-state index in [4.69, 9.17) is 0 Å². The van der Waals surface area contributed by atoms with Gasteiger partial charge >= 0.3 is 0 Å². The van der Waals surface area contributed by atoms with Gasteiger partial charge in [-0.25, -0.2) is 14.6 Å². The van der Waals surface area contributed by atoms with Gasteiger partial charge in [-0.15, -0.1) is 11.3 Å². The summed E-state index contributed by atoms with van der Waals surface area (Å²) < 4.78 is 1.78. The first-order valence-corrected chi connectivity index (χ1v) is 8.58. The molecule has 3 aromatic rings. The summed E-state index contributed by atoms with van der Waals surface area (Å²) in [4.78, 5) is 24.1. The molecular formula is C16H17N5OS. The molecule has 1 amide bonds. The second-order valence-corrected chi connectivity index (χ2v) is 6.75. The number of rotatable bonds is 2. The number of thiophene rings is 1. The van der Waals surface area contributed by atoms with Crippen molar-refractivity contribution in [3.05, 3.63) is 40.5 Å². The van der Waals surface area contributed by atoms with Crippen LogP contribution in [0.25, 0.3) is 11.2 Å². The van der Waals surface area contributed by atoms with Crippen LogP contribution in [0.1, 0.15) is 34.1 Å². The zero-order valence-electron chi connectivity index (χ0n) is 12.8. The Labute approximate surface area is 137 Å². The van der Waals surface area contributed by atoms with Gasteiger partial charge in [0.25, 0.3) is 5.91 Å². The van der Waals surface area contributed by atoms with Crippen molar-refractivity contribution in [1.82, 2.24) is 24.6 Å². The largest absolute Gasteiger partial charge is 0.337 e. The molecule has 1 fully saturated rings. The zero-order chi connectivity index (χ0) is 15.8. The molecule has 0 aromatic carbocycles. The molecule has 0 spiro atoms. The normalized spacial score (nSPS) is 18.5. The molecule has 0 aliphatic carbocycles. The van der Waals surface area contributed by atoms with Crippen LogP contribution in [-0.2, 0) is 7.05 Å². The standard InChI is InChI=1S/C16H17N5OS/c1-20-15-14(17-6-7-18-15)13(19-20)11-4-2-8-21(10-11)16(22)12-5-3-9-23-12/h3,5-7,9,11H,2,4,8,10H2,1H3. The van der Waals surface area contributed by atoms with E-state index in [9.17, 15) is 4.79 Å². The number of hydrogen-bond acceptors (Lipinski definition) is 5. The molecule has 0 N–H and O–H groups in total. The topological polar surface area (TPSA) is 63.9 Å². The molecule has 1 aliphatic rings. The van der Waals surface area contributed by atoms with Gasteiger partial charge in [0.2, 0.25) is 0 Å². The average molecular weight is 327 g/mol. The van der Waals surface area contributed by atoms with E-state index in [2.05, 4.69) is 15.1 Å². The fourth-order valence-corrected chi connectivity index (χ4v) is 3.91. The maximum Gasteiger partial charge on any atom is 0.263 e. The number of aromatic nitrogens is 4. The molecule has 1 unspecified atom stereocenters. The number of fused-ring (bicyclic) bond motifs is 1. The number of likely N-dealkylation sites (tertiary alicyclic amines) is 1. The van der Waals surface area contributed by atoms with E-state index >= 15 is 0 Å². The van der Waals surface area contributed by atoms with Crippen molar-refractivity contribution in [2.75, 3.05) is 13.1 Å². The summed E-state index contributed by atoms with van der Waals surface area (Å²) in [5, 5.41) is 6.57. The zero-order valence-corrected chi connectivity index (χ0v) is 13.7. The molecule has 4 rings (SSSR count). The van der Waals surface area contributed by atoms with Crippen molar-refractivity contribution in [1.29, 1.82) is 0 Å². The Morgan fingerprint density at radius 3 is 3.04 bits per heavy atom. The molecule has 0 bridgehead atoms. The molecule has 7 heteroatoms. The fourth-order valence-electron chi connectivity index (χ4n) is 3.22. The lowest BCUT2D eigenvalue weighted by molar-refractivity contribution is 0.0711. The van der Waals surface area contributed by atoms with Crippen LogP contribution in [0.2, 0.25) is 0 Å². The van der Waals surface area contributed by atoms with Crippen molar-refractivity contribution in [3.63, 3.8) is 0 Å². The summed E-state index contributed by atoms with van der Waals surface area (Å²) in [6.07, 6.45) is 5.39. The third-order valence-corrected chi connectivity index (χ3v) is 5.17. The minimum Gasteiger partial charge on any atom is -0.337 e. The van der Waals surface area contributed by atoms with Gasteiger partial charge in [-0.1, -0.05) is 6.07 Å². The Bertz CT molecular complexity index is 841. The summed E-state index contributed by atoms with van der Waals surface area (Å²) in [6, 6.07) is 3.80. The van der Waals surface area contributed by atoms with Gasteiger partial charge in [-0.05, 0) is 24.3 Å². The Morgan fingerprint density at radius 1 is 1.35 bits per heavy atom. The second-order valence-electron chi connectivity index (χ2n) is 5.81. The van der Waals surface area contributed by atoms with Crippen LogP contribution < -0.4 is 0 Å². The molecule has 1 saturated heterocycles. The quantitative estimate of drug-likeness (QED) is 0.725. The SMILES string of the molecule is Cn1nc(C2CCCN(C(=O)c3cccs3)C2)c2nccnc21. The Hall–Kier alpha value is -2.28. The van der Waals surface area contributed by atoms with E-state index in [1.165, 1.54) is 11.3 Å². The van der Waals surface area contributed by atoms with Crippen LogP contribution in [0.4, 0.5) is 0 Å². The molecule has 1 atom stereocenters. The Morgan fingerprint density at radius 2 is 2.22 bits per heavy atom.